The van der Waals surface area contributed by atoms with Gasteiger partial charge in [0.2, 0.25) is 5.91 Å². The summed E-state index contributed by atoms with van der Waals surface area (Å²) in [6, 6.07) is 0. The Labute approximate surface area is 91.4 Å². The Morgan fingerprint density at radius 1 is 1.07 bits per heavy atom. The lowest BCUT2D eigenvalue weighted by Gasteiger charge is -2.29. The molecule has 2 saturated heterocycles. The van der Waals surface area contributed by atoms with Gasteiger partial charge in [0, 0.05) is 32.1 Å². The van der Waals surface area contributed by atoms with E-state index in [4.69, 9.17) is 0 Å². The highest BCUT2D eigenvalue weighted by atomic mass is 16.2. The van der Waals surface area contributed by atoms with Crippen molar-refractivity contribution < 1.29 is 4.79 Å². The van der Waals surface area contributed by atoms with Crippen molar-refractivity contribution in [3.63, 3.8) is 0 Å². The normalized spacial score (nSPS) is 36.7. The van der Waals surface area contributed by atoms with Crippen LogP contribution in [0.2, 0.25) is 0 Å². The third kappa shape index (κ3) is 1.57. The first-order chi connectivity index (χ1) is 7.24. The standard InChI is InChI=1S/C12H20N2O/c1-13-5-10-7-14(8-11(10)6-13)12(15)9-3-2-4-9/h9-11H,2-8H2,1H3/t10-,11-/m0/s1. The van der Waals surface area contributed by atoms with Crippen LogP contribution in [0.3, 0.4) is 0 Å². The van der Waals surface area contributed by atoms with Crippen molar-refractivity contribution in [3.05, 3.63) is 0 Å². The molecule has 2 heterocycles. The molecule has 3 aliphatic rings. The van der Waals surface area contributed by atoms with Gasteiger partial charge in [0.15, 0.2) is 0 Å². The topological polar surface area (TPSA) is 23.6 Å². The van der Waals surface area contributed by atoms with E-state index in [9.17, 15) is 4.79 Å². The van der Waals surface area contributed by atoms with Gasteiger partial charge in [-0.25, -0.2) is 0 Å². The summed E-state index contributed by atoms with van der Waals surface area (Å²) in [7, 11) is 2.19. The van der Waals surface area contributed by atoms with Gasteiger partial charge in [0.1, 0.15) is 0 Å². The van der Waals surface area contributed by atoms with Gasteiger partial charge in [-0.3, -0.25) is 4.79 Å². The first-order valence-electron chi connectivity index (χ1n) is 6.21. The van der Waals surface area contributed by atoms with Gasteiger partial charge in [-0.1, -0.05) is 6.42 Å². The molecular weight excluding hydrogens is 188 g/mol. The minimum atomic E-state index is 0.390. The SMILES string of the molecule is CN1C[C@H]2CN(C(=O)C3CCC3)C[C@@H]2C1. The number of carbonyl (C=O) groups excluding carboxylic acids is 1. The number of nitrogens with zero attached hydrogens (tertiary/aromatic N) is 2. The fourth-order valence-electron chi connectivity index (χ4n) is 3.32. The van der Waals surface area contributed by atoms with Crippen LogP contribution in [0.25, 0.3) is 0 Å². The molecule has 3 rings (SSSR count). The van der Waals surface area contributed by atoms with Gasteiger partial charge in [-0.05, 0) is 31.7 Å². The Morgan fingerprint density at radius 3 is 2.13 bits per heavy atom. The lowest BCUT2D eigenvalue weighted by Crippen LogP contribution is -2.39. The van der Waals surface area contributed by atoms with Gasteiger partial charge in [0.05, 0.1) is 0 Å². The van der Waals surface area contributed by atoms with E-state index in [1.807, 2.05) is 0 Å². The lowest BCUT2D eigenvalue weighted by atomic mass is 9.84. The second-order valence-corrected chi connectivity index (χ2v) is 5.61. The predicted octanol–water partition coefficient (Wildman–Crippen LogP) is 0.806. The Bertz CT molecular complexity index is 261. The first kappa shape index (κ1) is 9.64. The number of fused-ring (bicyclic) bond motifs is 1. The van der Waals surface area contributed by atoms with Crippen molar-refractivity contribution in [1.82, 2.24) is 9.80 Å². The van der Waals surface area contributed by atoms with E-state index >= 15 is 0 Å². The van der Waals surface area contributed by atoms with Crippen LogP contribution in [-0.4, -0.2) is 48.9 Å². The Balaban J connectivity index is 1.60. The molecule has 0 aromatic carbocycles. The molecule has 1 amide bonds. The van der Waals surface area contributed by atoms with Crippen LogP contribution >= 0.6 is 0 Å². The quantitative estimate of drug-likeness (QED) is 0.636. The van der Waals surface area contributed by atoms with Crippen molar-refractivity contribution in [2.45, 2.75) is 19.3 Å². The maximum absolute atomic E-state index is 12.1. The van der Waals surface area contributed by atoms with Crippen LogP contribution in [0.1, 0.15) is 19.3 Å². The van der Waals surface area contributed by atoms with Crippen molar-refractivity contribution >= 4 is 5.91 Å². The van der Waals surface area contributed by atoms with Crippen molar-refractivity contribution in [1.29, 1.82) is 0 Å². The highest BCUT2D eigenvalue weighted by Crippen LogP contribution is 2.34. The summed E-state index contributed by atoms with van der Waals surface area (Å²) >= 11 is 0. The third-order valence-electron chi connectivity index (χ3n) is 4.43. The molecule has 84 valence electrons. The van der Waals surface area contributed by atoms with Crippen molar-refractivity contribution in [2.75, 3.05) is 33.2 Å². The molecule has 3 heteroatoms. The van der Waals surface area contributed by atoms with Crippen molar-refractivity contribution in [2.24, 2.45) is 17.8 Å². The van der Waals surface area contributed by atoms with Gasteiger partial charge in [-0.15, -0.1) is 0 Å². The van der Waals surface area contributed by atoms with E-state index in [2.05, 4.69) is 16.8 Å². The minimum absolute atomic E-state index is 0.390. The van der Waals surface area contributed by atoms with Crippen LogP contribution in [0.5, 0.6) is 0 Å². The summed E-state index contributed by atoms with van der Waals surface area (Å²) in [4.78, 5) is 16.6. The summed E-state index contributed by atoms with van der Waals surface area (Å²) < 4.78 is 0. The monoisotopic (exact) mass is 208 g/mol. The summed E-state index contributed by atoms with van der Waals surface area (Å²) in [5, 5.41) is 0. The molecule has 0 aromatic rings. The summed E-state index contributed by atoms with van der Waals surface area (Å²) in [6.45, 7) is 4.45. The zero-order valence-electron chi connectivity index (χ0n) is 9.48. The molecule has 0 spiro atoms. The van der Waals surface area contributed by atoms with Crippen LogP contribution in [0.4, 0.5) is 0 Å². The third-order valence-corrected chi connectivity index (χ3v) is 4.43. The lowest BCUT2D eigenvalue weighted by molar-refractivity contribution is -0.137. The smallest absolute Gasteiger partial charge is 0.225 e. The van der Waals surface area contributed by atoms with Crippen LogP contribution in [0.15, 0.2) is 0 Å². The van der Waals surface area contributed by atoms with Crippen LogP contribution < -0.4 is 0 Å². The number of hydrogen-bond acceptors (Lipinski definition) is 2. The van der Waals surface area contributed by atoms with Crippen LogP contribution in [0, 0.1) is 17.8 Å². The molecule has 3 nitrogen and oxygen atoms in total. The highest BCUT2D eigenvalue weighted by molar-refractivity contribution is 5.79. The number of carbonyl (C=O) groups is 1. The second kappa shape index (κ2) is 3.48. The molecule has 15 heavy (non-hydrogen) atoms. The summed E-state index contributed by atoms with van der Waals surface area (Å²) in [6.07, 6.45) is 3.55. The molecule has 0 bridgehead atoms. The second-order valence-electron chi connectivity index (χ2n) is 5.61. The van der Waals surface area contributed by atoms with E-state index < -0.39 is 0 Å². The summed E-state index contributed by atoms with van der Waals surface area (Å²) in [5.41, 5.74) is 0. The van der Waals surface area contributed by atoms with E-state index in [1.54, 1.807) is 0 Å². The molecule has 0 aromatic heterocycles. The molecule has 2 atom stereocenters. The molecular formula is C12H20N2O. The maximum Gasteiger partial charge on any atom is 0.225 e. The molecule has 3 fully saturated rings. The Morgan fingerprint density at radius 2 is 1.67 bits per heavy atom. The van der Waals surface area contributed by atoms with E-state index in [0.717, 1.165) is 37.8 Å². The highest BCUT2D eigenvalue weighted by Gasteiger charge is 2.42. The molecule has 0 N–H and O–H groups in total. The number of rotatable bonds is 1. The molecule has 2 aliphatic heterocycles. The zero-order valence-corrected chi connectivity index (χ0v) is 9.48. The Hall–Kier alpha value is -0.570. The van der Waals surface area contributed by atoms with Crippen molar-refractivity contribution in [3.8, 4) is 0 Å². The van der Waals surface area contributed by atoms with Gasteiger partial charge in [-0.2, -0.15) is 0 Å². The fraction of sp³-hybridized carbons (Fsp3) is 0.917. The minimum Gasteiger partial charge on any atom is -0.342 e. The van der Waals surface area contributed by atoms with E-state index in [-0.39, 0.29) is 0 Å². The van der Waals surface area contributed by atoms with E-state index in [1.165, 1.54) is 19.5 Å². The average Bonchev–Trinajstić information content (AvgIpc) is 2.56. The van der Waals surface area contributed by atoms with Gasteiger partial charge >= 0.3 is 0 Å². The predicted molar refractivity (Wildman–Crippen MR) is 58.4 cm³/mol. The van der Waals surface area contributed by atoms with Gasteiger partial charge in [0.25, 0.3) is 0 Å². The fourth-order valence-corrected chi connectivity index (χ4v) is 3.32. The number of likely N-dealkylation sites (tertiary alicyclic amines) is 2. The maximum atomic E-state index is 12.1. The zero-order chi connectivity index (χ0) is 10.4. The van der Waals surface area contributed by atoms with Crippen LogP contribution in [-0.2, 0) is 4.79 Å². The summed E-state index contributed by atoms with van der Waals surface area (Å²) in [5.74, 6) is 2.37. The molecule has 0 radical (unpaired) electrons. The van der Waals surface area contributed by atoms with E-state index in [0.29, 0.717) is 11.8 Å². The molecule has 1 aliphatic carbocycles. The number of hydrogen-bond donors (Lipinski definition) is 0. The average molecular weight is 208 g/mol. The molecule has 1 saturated carbocycles. The molecule has 0 unspecified atom stereocenters. The largest absolute Gasteiger partial charge is 0.342 e. The number of amides is 1. The Kier molecular flexibility index (Phi) is 2.23. The first-order valence-corrected chi connectivity index (χ1v) is 6.21. The van der Waals surface area contributed by atoms with Gasteiger partial charge < -0.3 is 9.80 Å².